The molecule has 3 nitrogen and oxygen atoms in total. The summed E-state index contributed by atoms with van der Waals surface area (Å²) in [7, 11) is 0. The quantitative estimate of drug-likeness (QED) is 0.777. The van der Waals surface area contributed by atoms with E-state index in [0.29, 0.717) is 6.04 Å². The van der Waals surface area contributed by atoms with Gasteiger partial charge in [0.2, 0.25) is 0 Å². The van der Waals surface area contributed by atoms with Gasteiger partial charge in [-0.1, -0.05) is 0 Å². The second-order valence-corrected chi connectivity index (χ2v) is 4.94. The second kappa shape index (κ2) is 5.58. The van der Waals surface area contributed by atoms with Gasteiger partial charge >= 0.3 is 0 Å². The van der Waals surface area contributed by atoms with Gasteiger partial charge in [-0.25, -0.2) is 4.98 Å². The first kappa shape index (κ1) is 11.0. The fraction of sp³-hybridized carbons (Fsp3) is 0.727. The number of hydrogen-bond donors (Lipinski definition) is 1. The number of rotatable bonds is 5. The topological polar surface area (TPSA) is 34.1 Å². The molecule has 1 fully saturated rings. The molecule has 15 heavy (non-hydrogen) atoms. The molecule has 1 aliphatic rings. The monoisotopic (exact) mass is 226 g/mol. The minimum Gasteiger partial charge on any atom is -0.380 e. The van der Waals surface area contributed by atoms with E-state index in [4.69, 9.17) is 4.74 Å². The molecule has 1 unspecified atom stereocenters. The van der Waals surface area contributed by atoms with Crippen molar-refractivity contribution in [2.75, 3.05) is 19.8 Å². The molecule has 0 saturated carbocycles. The van der Waals surface area contributed by atoms with Crippen LogP contribution in [0, 0.1) is 6.92 Å². The van der Waals surface area contributed by atoms with Crippen LogP contribution in [0.2, 0.25) is 0 Å². The Labute approximate surface area is 94.9 Å². The van der Waals surface area contributed by atoms with Crippen molar-refractivity contribution < 1.29 is 4.74 Å². The Bertz CT molecular complexity index is 295. The molecule has 4 heteroatoms. The summed E-state index contributed by atoms with van der Waals surface area (Å²) in [4.78, 5) is 4.45. The Morgan fingerprint density at radius 1 is 1.67 bits per heavy atom. The lowest BCUT2D eigenvalue weighted by atomic mass is 10.2. The lowest BCUT2D eigenvalue weighted by Gasteiger charge is -2.09. The maximum atomic E-state index is 5.30. The van der Waals surface area contributed by atoms with E-state index < -0.39 is 0 Å². The predicted molar refractivity (Wildman–Crippen MR) is 62.4 cm³/mol. The van der Waals surface area contributed by atoms with Crippen molar-refractivity contribution >= 4 is 11.3 Å². The SMILES string of the molecule is Cc1csc(CCCNC2CCOC2)n1. The number of nitrogens with zero attached hydrogens (tertiary/aromatic N) is 1. The van der Waals surface area contributed by atoms with Crippen LogP contribution in [-0.4, -0.2) is 30.8 Å². The standard InChI is InChI=1S/C11H18N2OS/c1-9-8-15-11(13-9)3-2-5-12-10-4-6-14-7-10/h8,10,12H,2-7H2,1H3. The maximum Gasteiger partial charge on any atom is 0.0928 e. The zero-order valence-electron chi connectivity index (χ0n) is 9.16. The Balaban J connectivity index is 1.58. The van der Waals surface area contributed by atoms with Crippen molar-refractivity contribution in [1.82, 2.24) is 10.3 Å². The summed E-state index contributed by atoms with van der Waals surface area (Å²) >= 11 is 1.77. The van der Waals surface area contributed by atoms with Crippen LogP contribution in [0.15, 0.2) is 5.38 Å². The Kier molecular flexibility index (Phi) is 4.11. The number of hydrogen-bond acceptors (Lipinski definition) is 4. The molecule has 0 aromatic carbocycles. The molecule has 0 spiro atoms. The third kappa shape index (κ3) is 3.55. The molecule has 1 aromatic rings. The average molecular weight is 226 g/mol. The maximum absolute atomic E-state index is 5.30. The highest BCUT2D eigenvalue weighted by Gasteiger charge is 2.13. The van der Waals surface area contributed by atoms with Crippen LogP contribution in [-0.2, 0) is 11.2 Å². The van der Waals surface area contributed by atoms with Gasteiger partial charge in [-0.15, -0.1) is 11.3 Å². The van der Waals surface area contributed by atoms with Crippen molar-refractivity contribution in [2.24, 2.45) is 0 Å². The molecule has 0 bridgehead atoms. The number of ether oxygens (including phenoxy) is 1. The van der Waals surface area contributed by atoms with Crippen LogP contribution < -0.4 is 5.32 Å². The second-order valence-electron chi connectivity index (χ2n) is 4.00. The summed E-state index contributed by atoms with van der Waals surface area (Å²) in [5.74, 6) is 0. The van der Waals surface area contributed by atoms with Crippen LogP contribution in [0.1, 0.15) is 23.5 Å². The fourth-order valence-electron chi connectivity index (χ4n) is 1.76. The first-order chi connectivity index (χ1) is 7.34. The van der Waals surface area contributed by atoms with Crippen molar-refractivity contribution in [3.63, 3.8) is 0 Å². The molecule has 0 aliphatic carbocycles. The third-order valence-electron chi connectivity index (χ3n) is 2.60. The molecule has 2 heterocycles. The van der Waals surface area contributed by atoms with E-state index in [9.17, 15) is 0 Å². The Morgan fingerprint density at radius 2 is 2.60 bits per heavy atom. The molecule has 84 valence electrons. The van der Waals surface area contributed by atoms with E-state index in [2.05, 4.69) is 15.7 Å². The minimum absolute atomic E-state index is 0.586. The summed E-state index contributed by atoms with van der Waals surface area (Å²) in [5.41, 5.74) is 1.15. The highest BCUT2D eigenvalue weighted by molar-refractivity contribution is 7.09. The van der Waals surface area contributed by atoms with E-state index in [1.165, 1.54) is 11.4 Å². The molecule has 1 saturated heterocycles. The van der Waals surface area contributed by atoms with E-state index in [-0.39, 0.29) is 0 Å². The van der Waals surface area contributed by atoms with Gasteiger partial charge < -0.3 is 10.1 Å². The van der Waals surface area contributed by atoms with E-state index in [0.717, 1.165) is 38.3 Å². The third-order valence-corrected chi connectivity index (χ3v) is 3.62. The number of aryl methyl sites for hydroxylation is 2. The average Bonchev–Trinajstić information content (AvgIpc) is 2.84. The summed E-state index contributed by atoms with van der Waals surface area (Å²) in [6.07, 6.45) is 3.43. The van der Waals surface area contributed by atoms with Gasteiger partial charge in [0.1, 0.15) is 0 Å². The van der Waals surface area contributed by atoms with Gasteiger partial charge in [-0.05, 0) is 26.3 Å². The Hall–Kier alpha value is -0.450. The fourth-order valence-corrected chi connectivity index (χ4v) is 2.58. The van der Waals surface area contributed by atoms with Gasteiger partial charge in [0.05, 0.1) is 11.6 Å². The van der Waals surface area contributed by atoms with Crippen LogP contribution >= 0.6 is 11.3 Å². The van der Waals surface area contributed by atoms with Crippen LogP contribution in [0.25, 0.3) is 0 Å². The van der Waals surface area contributed by atoms with E-state index >= 15 is 0 Å². The molecule has 1 atom stereocenters. The molecular formula is C11H18N2OS. The highest BCUT2D eigenvalue weighted by atomic mass is 32.1. The van der Waals surface area contributed by atoms with Crippen LogP contribution in [0.4, 0.5) is 0 Å². The van der Waals surface area contributed by atoms with Crippen molar-refractivity contribution in [3.8, 4) is 0 Å². The number of aromatic nitrogens is 1. The van der Waals surface area contributed by atoms with Gasteiger partial charge in [0, 0.05) is 30.1 Å². The van der Waals surface area contributed by atoms with Crippen molar-refractivity contribution in [3.05, 3.63) is 16.1 Å². The Morgan fingerprint density at radius 3 is 3.27 bits per heavy atom. The molecule has 2 rings (SSSR count). The molecule has 1 aromatic heterocycles. The van der Waals surface area contributed by atoms with Gasteiger partial charge in [-0.3, -0.25) is 0 Å². The van der Waals surface area contributed by atoms with Crippen molar-refractivity contribution in [1.29, 1.82) is 0 Å². The van der Waals surface area contributed by atoms with E-state index in [1.807, 2.05) is 6.92 Å². The first-order valence-corrected chi connectivity index (χ1v) is 6.44. The van der Waals surface area contributed by atoms with Crippen LogP contribution in [0.5, 0.6) is 0 Å². The zero-order chi connectivity index (χ0) is 10.5. The minimum atomic E-state index is 0.586. The molecule has 1 aliphatic heterocycles. The molecule has 1 N–H and O–H groups in total. The first-order valence-electron chi connectivity index (χ1n) is 5.57. The summed E-state index contributed by atoms with van der Waals surface area (Å²) in [5, 5.41) is 6.89. The van der Waals surface area contributed by atoms with Crippen molar-refractivity contribution in [2.45, 2.75) is 32.2 Å². The van der Waals surface area contributed by atoms with Gasteiger partial charge in [0.15, 0.2) is 0 Å². The number of thiazole rings is 1. The van der Waals surface area contributed by atoms with Gasteiger partial charge in [-0.2, -0.15) is 0 Å². The molecule has 0 radical (unpaired) electrons. The lowest BCUT2D eigenvalue weighted by Crippen LogP contribution is -2.30. The molecule has 0 amide bonds. The molecular weight excluding hydrogens is 208 g/mol. The van der Waals surface area contributed by atoms with E-state index in [1.54, 1.807) is 11.3 Å². The summed E-state index contributed by atoms with van der Waals surface area (Å²) < 4.78 is 5.30. The van der Waals surface area contributed by atoms with Gasteiger partial charge in [0.25, 0.3) is 0 Å². The normalized spacial score (nSPS) is 21.0. The summed E-state index contributed by atoms with van der Waals surface area (Å²) in [6.45, 7) is 4.93. The summed E-state index contributed by atoms with van der Waals surface area (Å²) in [6, 6.07) is 0.586. The smallest absolute Gasteiger partial charge is 0.0928 e. The lowest BCUT2D eigenvalue weighted by molar-refractivity contribution is 0.190. The van der Waals surface area contributed by atoms with Crippen LogP contribution in [0.3, 0.4) is 0 Å². The number of nitrogens with one attached hydrogen (secondary N) is 1. The largest absolute Gasteiger partial charge is 0.380 e. The zero-order valence-corrected chi connectivity index (χ0v) is 9.98. The highest BCUT2D eigenvalue weighted by Crippen LogP contribution is 2.10. The predicted octanol–water partition coefficient (Wildman–Crippen LogP) is 1.76.